The molecule has 7 heteroatoms. The van der Waals surface area contributed by atoms with Gasteiger partial charge in [-0.25, -0.2) is 4.98 Å². The van der Waals surface area contributed by atoms with E-state index in [1.165, 1.54) is 24.0 Å². The highest BCUT2D eigenvalue weighted by atomic mass is 32.1. The third kappa shape index (κ3) is 3.51. The number of aromatic nitrogens is 1. The van der Waals surface area contributed by atoms with Crippen LogP contribution in [0.4, 0.5) is 5.13 Å². The topological polar surface area (TPSA) is 72.5 Å². The molecular weight excluding hydrogens is 338 g/mol. The van der Waals surface area contributed by atoms with Crippen molar-refractivity contribution in [3.63, 3.8) is 0 Å². The lowest BCUT2D eigenvalue weighted by atomic mass is 10.1. The summed E-state index contributed by atoms with van der Waals surface area (Å²) in [5.41, 5.74) is 9.19. The second kappa shape index (κ2) is 6.98. The maximum absolute atomic E-state index is 12.4. The molecule has 0 atom stereocenters. The lowest BCUT2D eigenvalue weighted by Gasteiger charge is -2.10. The van der Waals surface area contributed by atoms with E-state index >= 15 is 0 Å². The second-order valence-electron chi connectivity index (χ2n) is 5.59. The van der Waals surface area contributed by atoms with E-state index in [-0.39, 0.29) is 5.91 Å². The minimum atomic E-state index is -0.313. The number of fused-ring (bicyclic) bond motifs is 1. The van der Waals surface area contributed by atoms with Crippen LogP contribution in [0.1, 0.15) is 21.5 Å². The van der Waals surface area contributed by atoms with Crippen LogP contribution in [0.3, 0.4) is 0 Å². The summed E-state index contributed by atoms with van der Waals surface area (Å²) in [6.45, 7) is 4.08. The summed E-state index contributed by atoms with van der Waals surface area (Å²) in [6.07, 6.45) is 0. The number of carbonyl (C=O) groups is 1. The molecule has 130 valence electrons. The molecule has 0 spiro atoms. The number of benzene rings is 2. The van der Waals surface area contributed by atoms with Crippen LogP contribution < -0.4 is 20.3 Å². The molecule has 0 bridgehead atoms. The van der Waals surface area contributed by atoms with Gasteiger partial charge in [-0.3, -0.25) is 15.6 Å². The first kappa shape index (κ1) is 17.0. The van der Waals surface area contributed by atoms with E-state index in [1.807, 2.05) is 6.92 Å². The van der Waals surface area contributed by atoms with Gasteiger partial charge >= 0.3 is 0 Å². The summed E-state index contributed by atoms with van der Waals surface area (Å²) in [6, 6.07) is 9.20. The third-order valence-electron chi connectivity index (χ3n) is 3.77. The monoisotopic (exact) mass is 357 g/mol. The van der Waals surface area contributed by atoms with Gasteiger partial charge in [0.1, 0.15) is 11.5 Å². The molecule has 6 nitrogen and oxygen atoms in total. The van der Waals surface area contributed by atoms with Crippen molar-refractivity contribution in [2.24, 2.45) is 0 Å². The largest absolute Gasteiger partial charge is 0.497 e. The smallest absolute Gasteiger partial charge is 0.273 e. The number of methoxy groups -OCH3 is 2. The number of aryl methyl sites for hydroxylation is 2. The number of anilines is 1. The Morgan fingerprint density at radius 3 is 2.64 bits per heavy atom. The van der Waals surface area contributed by atoms with Crippen molar-refractivity contribution in [3.05, 3.63) is 47.0 Å². The van der Waals surface area contributed by atoms with Crippen LogP contribution in [0.2, 0.25) is 0 Å². The van der Waals surface area contributed by atoms with E-state index in [4.69, 9.17) is 9.47 Å². The average molecular weight is 357 g/mol. The Bertz CT molecular complexity index is 937. The summed E-state index contributed by atoms with van der Waals surface area (Å²) < 4.78 is 11.5. The van der Waals surface area contributed by atoms with Crippen molar-refractivity contribution in [2.75, 3.05) is 19.6 Å². The van der Waals surface area contributed by atoms with E-state index < -0.39 is 0 Å². The Labute approximate surface area is 149 Å². The number of ether oxygens (including phenoxy) is 2. The maximum Gasteiger partial charge on any atom is 0.273 e. The van der Waals surface area contributed by atoms with Crippen molar-refractivity contribution in [3.8, 4) is 11.5 Å². The summed E-state index contributed by atoms with van der Waals surface area (Å²) >= 11 is 1.49. The summed E-state index contributed by atoms with van der Waals surface area (Å²) in [5.74, 6) is 0.749. The highest BCUT2D eigenvalue weighted by molar-refractivity contribution is 7.22. The lowest BCUT2D eigenvalue weighted by molar-refractivity contribution is 0.0959. The van der Waals surface area contributed by atoms with Crippen LogP contribution in [0.15, 0.2) is 30.3 Å². The zero-order chi connectivity index (χ0) is 18.0. The van der Waals surface area contributed by atoms with E-state index in [0.717, 1.165) is 15.8 Å². The summed E-state index contributed by atoms with van der Waals surface area (Å²) in [4.78, 5) is 16.9. The zero-order valence-electron chi connectivity index (χ0n) is 14.5. The van der Waals surface area contributed by atoms with Crippen LogP contribution in [0.5, 0.6) is 11.5 Å². The van der Waals surface area contributed by atoms with Crippen LogP contribution in [0.25, 0.3) is 10.2 Å². The Balaban J connectivity index is 1.77. The minimum Gasteiger partial charge on any atom is -0.497 e. The quantitative estimate of drug-likeness (QED) is 0.682. The highest BCUT2D eigenvalue weighted by Gasteiger charge is 2.14. The third-order valence-corrected chi connectivity index (χ3v) is 4.68. The first-order chi connectivity index (χ1) is 12.0. The van der Waals surface area contributed by atoms with Gasteiger partial charge in [0.2, 0.25) is 5.13 Å². The molecular formula is C18H19N3O3S. The maximum atomic E-state index is 12.4. The van der Waals surface area contributed by atoms with E-state index in [2.05, 4.69) is 34.9 Å². The Hall–Kier alpha value is -2.80. The van der Waals surface area contributed by atoms with Crippen LogP contribution >= 0.6 is 11.3 Å². The van der Waals surface area contributed by atoms with E-state index in [1.54, 1.807) is 25.3 Å². The number of hydrogen-bond donors (Lipinski definition) is 2. The Morgan fingerprint density at radius 1 is 1.12 bits per heavy atom. The normalized spacial score (nSPS) is 10.6. The van der Waals surface area contributed by atoms with E-state index in [0.29, 0.717) is 22.2 Å². The summed E-state index contributed by atoms with van der Waals surface area (Å²) in [5, 5.41) is 0.629. The molecule has 0 saturated carbocycles. The molecule has 0 radical (unpaired) electrons. The van der Waals surface area contributed by atoms with Crippen LogP contribution in [-0.2, 0) is 0 Å². The molecule has 1 heterocycles. The number of thiazole rings is 1. The number of nitrogens with one attached hydrogen (secondary N) is 2. The number of carbonyl (C=O) groups excluding carboxylic acids is 1. The number of amides is 1. The van der Waals surface area contributed by atoms with Crippen molar-refractivity contribution < 1.29 is 14.3 Å². The standard InChI is InChI=1S/C18H19N3O3S/c1-10-7-11(2)16-15(8-10)25-18(19-16)21-20-17(22)13-6-5-12(23-3)9-14(13)24-4/h5-9H,1-4H3,(H,19,21)(H,20,22). The van der Waals surface area contributed by atoms with Gasteiger partial charge in [-0.2, -0.15) is 0 Å². The van der Waals surface area contributed by atoms with Gasteiger partial charge in [0.15, 0.2) is 0 Å². The predicted octanol–water partition coefficient (Wildman–Crippen LogP) is 3.69. The van der Waals surface area contributed by atoms with Gasteiger partial charge in [-0.05, 0) is 43.2 Å². The van der Waals surface area contributed by atoms with Crippen LogP contribution in [-0.4, -0.2) is 25.1 Å². The first-order valence-electron chi connectivity index (χ1n) is 7.68. The molecule has 25 heavy (non-hydrogen) atoms. The van der Waals surface area contributed by atoms with Gasteiger partial charge in [0.05, 0.1) is 30.0 Å². The number of nitrogens with zero attached hydrogens (tertiary/aromatic N) is 1. The number of rotatable bonds is 5. The lowest BCUT2D eigenvalue weighted by Crippen LogP contribution is -2.29. The molecule has 0 fully saturated rings. The number of hydrazine groups is 1. The van der Waals surface area contributed by atoms with E-state index in [9.17, 15) is 4.79 Å². The van der Waals surface area contributed by atoms with Crippen molar-refractivity contribution in [1.29, 1.82) is 0 Å². The van der Waals surface area contributed by atoms with Crippen molar-refractivity contribution in [2.45, 2.75) is 13.8 Å². The molecule has 1 amide bonds. The fourth-order valence-corrected chi connectivity index (χ4v) is 3.58. The Morgan fingerprint density at radius 2 is 1.92 bits per heavy atom. The summed E-state index contributed by atoms with van der Waals surface area (Å²) in [7, 11) is 3.07. The molecule has 3 aromatic rings. The number of hydrogen-bond acceptors (Lipinski definition) is 6. The molecule has 3 rings (SSSR count). The molecule has 0 aliphatic carbocycles. The highest BCUT2D eigenvalue weighted by Crippen LogP contribution is 2.29. The molecule has 2 aromatic carbocycles. The van der Waals surface area contributed by atoms with Crippen LogP contribution in [0, 0.1) is 13.8 Å². The predicted molar refractivity (Wildman–Crippen MR) is 99.7 cm³/mol. The SMILES string of the molecule is COc1ccc(C(=O)NNc2nc3c(C)cc(C)cc3s2)c(OC)c1. The molecule has 0 saturated heterocycles. The van der Waals surface area contributed by atoms with Gasteiger partial charge in [-0.1, -0.05) is 17.4 Å². The zero-order valence-corrected chi connectivity index (χ0v) is 15.3. The second-order valence-corrected chi connectivity index (χ2v) is 6.62. The first-order valence-corrected chi connectivity index (χ1v) is 8.49. The fourth-order valence-electron chi connectivity index (χ4n) is 2.59. The van der Waals surface area contributed by atoms with Gasteiger partial charge in [-0.15, -0.1) is 0 Å². The van der Waals surface area contributed by atoms with Gasteiger partial charge < -0.3 is 9.47 Å². The fraction of sp³-hybridized carbons (Fsp3) is 0.222. The molecule has 1 aromatic heterocycles. The minimum absolute atomic E-state index is 0.313. The van der Waals surface area contributed by atoms with Crippen molar-refractivity contribution in [1.82, 2.24) is 10.4 Å². The average Bonchev–Trinajstić information content (AvgIpc) is 3.02. The van der Waals surface area contributed by atoms with Crippen molar-refractivity contribution >= 4 is 32.6 Å². The molecule has 0 aliphatic rings. The van der Waals surface area contributed by atoms with Gasteiger partial charge in [0, 0.05) is 6.07 Å². The Kier molecular flexibility index (Phi) is 4.76. The molecule has 2 N–H and O–H groups in total. The molecule has 0 aliphatic heterocycles. The van der Waals surface area contributed by atoms with Gasteiger partial charge in [0.25, 0.3) is 5.91 Å². The molecule has 0 unspecified atom stereocenters.